The maximum absolute atomic E-state index is 4.52. The van der Waals surface area contributed by atoms with Gasteiger partial charge in [-0.15, -0.1) is 5.10 Å². The van der Waals surface area contributed by atoms with Crippen LogP contribution in [0.5, 0.6) is 0 Å². The first-order chi connectivity index (χ1) is 11.2. The van der Waals surface area contributed by atoms with Crippen molar-refractivity contribution >= 4 is 11.9 Å². The topological polar surface area (TPSA) is 40.5 Å². The van der Waals surface area contributed by atoms with E-state index in [1.165, 1.54) is 11.1 Å². The van der Waals surface area contributed by atoms with Crippen LogP contribution < -0.4 is 0 Å². The second kappa shape index (κ2) is 5.36. The van der Waals surface area contributed by atoms with Crippen molar-refractivity contribution in [3.63, 3.8) is 0 Å². The first kappa shape index (κ1) is 13.7. The fourth-order valence-electron chi connectivity index (χ4n) is 3.13. The Morgan fingerprint density at radius 1 is 0.826 bits per heavy atom. The third kappa shape index (κ3) is 2.30. The van der Waals surface area contributed by atoms with Crippen LogP contribution in [0.2, 0.25) is 0 Å². The highest BCUT2D eigenvalue weighted by Gasteiger charge is 2.23. The Labute approximate surface area is 135 Å². The van der Waals surface area contributed by atoms with Crippen LogP contribution in [-0.4, -0.2) is 16.9 Å². The Kier molecular flexibility index (Phi) is 3.19. The number of nitrogens with one attached hydrogen (secondary N) is 1. The van der Waals surface area contributed by atoms with Gasteiger partial charge in [0.15, 0.2) is 0 Å². The summed E-state index contributed by atoms with van der Waals surface area (Å²) in [5, 5.41) is 8.86. The first-order valence-electron chi connectivity index (χ1n) is 7.70. The van der Waals surface area contributed by atoms with Crippen molar-refractivity contribution in [1.29, 1.82) is 0 Å². The second-order valence-corrected chi connectivity index (χ2v) is 5.82. The number of hydrogen-bond donors (Lipinski definition) is 1. The molecule has 3 nitrogen and oxygen atoms in total. The predicted octanol–water partition coefficient (Wildman–Crippen LogP) is 4.48. The van der Waals surface area contributed by atoms with Gasteiger partial charge in [-0.05, 0) is 31.0 Å². The highest BCUT2D eigenvalue weighted by atomic mass is 15.2. The fraction of sp³-hybridized carbons (Fsp3) is 0.100. The molecule has 2 aromatic carbocycles. The molecule has 0 saturated carbocycles. The van der Waals surface area contributed by atoms with Crippen molar-refractivity contribution in [2.45, 2.75) is 13.8 Å². The van der Waals surface area contributed by atoms with Gasteiger partial charge >= 0.3 is 0 Å². The Morgan fingerprint density at radius 3 is 1.91 bits per heavy atom. The van der Waals surface area contributed by atoms with Crippen molar-refractivity contribution < 1.29 is 0 Å². The Hall–Kier alpha value is -2.94. The van der Waals surface area contributed by atoms with Gasteiger partial charge in [0.1, 0.15) is 5.71 Å². The maximum atomic E-state index is 4.52. The van der Waals surface area contributed by atoms with Crippen LogP contribution in [0.4, 0.5) is 0 Å². The summed E-state index contributed by atoms with van der Waals surface area (Å²) < 4.78 is 0. The number of fused-ring (bicyclic) bond motifs is 3. The van der Waals surface area contributed by atoms with Gasteiger partial charge < -0.3 is 4.98 Å². The zero-order chi connectivity index (χ0) is 15.8. The quantitative estimate of drug-likeness (QED) is 0.419. The SMILES string of the molecule is Cc1cc(/C=N/N=C2c3ccccc3-c3ccccc32)c(C)[nH]1. The minimum Gasteiger partial charge on any atom is -0.362 e. The van der Waals surface area contributed by atoms with Crippen LogP contribution in [0.3, 0.4) is 0 Å². The lowest BCUT2D eigenvalue weighted by molar-refractivity contribution is 1.18. The lowest BCUT2D eigenvalue weighted by atomic mass is 10.1. The maximum Gasteiger partial charge on any atom is 0.101 e. The molecule has 3 aromatic rings. The van der Waals surface area contributed by atoms with Crippen molar-refractivity contribution in [3.8, 4) is 11.1 Å². The predicted molar refractivity (Wildman–Crippen MR) is 95.4 cm³/mol. The zero-order valence-electron chi connectivity index (χ0n) is 13.2. The fourth-order valence-corrected chi connectivity index (χ4v) is 3.13. The molecule has 1 aliphatic carbocycles. The van der Waals surface area contributed by atoms with Crippen molar-refractivity contribution in [2.75, 3.05) is 0 Å². The standard InChI is InChI=1S/C20H17N3/c1-13-11-15(14(2)22-13)12-21-23-20-18-9-5-3-7-16(18)17-8-4-6-10-19(17)20/h3-12,22H,1-2H3/b21-12+. The van der Waals surface area contributed by atoms with Crippen LogP contribution in [0, 0.1) is 13.8 Å². The van der Waals surface area contributed by atoms with E-state index in [1.54, 1.807) is 0 Å². The molecule has 3 heteroatoms. The number of aryl methyl sites for hydroxylation is 2. The summed E-state index contributed by atoms with van der Waals surface area (Å²) in [7, 11) is 0. The van der Waals surface area contributed by atoms with E-state index in [0.717, 1.165) is 33.8 Å². The van der Waals surface area contributed by atoms with E-state index in [1.807, 2.05) is 32.2 Å². The molecule has 0 aliphatic heterocycles. The highest BCUT2D eigenvalue weighted by Crippen LogP contribution is 2.36. The van der Waals surface area contributed by atoms with Gasteiger partial charge in [0, 0.05) is 28.1 Å². The second-order valence-electron chi connectivity index (χ2n) is 5.82. The molecule has 0 amide bonds. The van der Waals surface area contributed by atoms with Gasteiger partial charge in [0.2, 0.25) is 0 Å². The molecule has 0 radical (unpaired) electrons. The normalized spacial score (nSPS) is 12.5. The average Bonchev–Trinajstić information content (AvgIpc) is 3.06. The summed E-state index contributed by atoms with van der Waals surface area (Å²) in [6.45, 7) is 4.08. The molecule has 112 valence electrons. The van der Waals surface area contributed by atoms with Crippen molar-refractivity contribution in [3.05, 3.63) is 82.7 Å². The molecule has 1 N–H and O–H groups in total. The summed E-state index contributed by atoms with van der Waals surface area (Å²) in [6, 6.07) is 18.8. The molecule has 0 unspecified atom stereocenters. The summed E-state index contributed by atoms with van der Waals surface area (Å²) in [4.78, 5) is 3.28. The summed E-state index contributed by atoms with van der Waals surface area (Å²) in [5.41, 5.74) is 9.01. The highest BCUT2D eigenvalue weighted by molar-refractivity contribution is 6.24. The molecule has 1 aliphatic rings. The number of nitrogens with zero attached hydrogens (tertiary/aromatic N) is 2. The smallest absolute Gasteiger partial charge is 0.101 e. The number of H-pyrrole nitrogens is 1. The first-order valence-corrected chi connectivity index (χ1v) is 7.70. The lowest BCUT2D eigenvalue weighted by Crippen LogP contribution is -1.97. The molecule has 4 rings (SSSR count). The minimum atomic E-state index is 0.942. The van der Waals surface area contributed by atoms with E-state index in [9.17, 15) is 0 Å². The van der Waals surface area contributed by atoms with Crippen LogP contribution in [-0.2, 0) is 0 Å². The van der Waals surface area contributed by atoms with E-state index >= 15 is 0 Å². The molecule has 0 bridgehead atoms. The van der Waals surface area contributed by atoms with Crippen molar-refractivity contribution in [2.24, 2.45) is 10.2 Å². The largest absolute Gasteiger partial charge is 0.362 e. The number of rotatable bonds is 2. The number of aromatic amines is 1. The van der Waals surface area contributed by atoms with E-state index < -0.39 is 0 Å². The molecular weight excluding hydrogens is 282 g/mol. The van der Waals surface area contributed by atoms with Gasteiger partial charge in [-0.3, -0.25) is 0 Å². The number of hydrogen-bond acceptors (Lipinski definition) is 2. The van der Waals surface area contributed by atoms with E-state index in [-0.39, 0.29) is 0 Å². The van der Waals surface area contributed by atoms with Gasteiger partial charge in [-0.1, -0.05) is 48.5 Å². The van der Waals surface area contributed by atoms with Gasteiger partial charge in [-0.25, -0.2) is 0 Å². The Balaban J connectivity index is 1.78. The van der Waals surface area contributed by atoms with Crippen LogP contribution in [0.1, 0.15) is 28.1 Å². The molecule has 1 heterocycles. The molecule has 1 aromatic heterocycles. The lowest BCUT2D eigenvalue weighted by Gasteiger charge is -1.98. The summed E-state index contributed by atoms with van der Waals surface area (Å²) >= 11 is 0. The number of aromatic nitrogens is 1. The van der Waals surface area contributed by atoms with E-state index in [0.29, 0.717) is 0 Å². The number of benzene rings is 2. The van der Waals surface area contributed by atoms with Gasteiger partial charge in [-0.2, -0.15) is 5.10 Å². The molecular formula is C20H17N3. The molecule has 0 atom stereocenters. The molecule has 23 heavy (non-hydrogen) atoms. The summed E-state index contributed by atoms with van der Waals surface area (Å²) in [6.07, 6.45) is 1.81. The molecule has 0 spiro atoms. The molecule has 0 saturated heterocycles. The minimum absolute atomic E-state index is 0.942. The van der Waals surface area contributed by atoms with Crippen LogP contribution in [0.25, 0.3) is 11.1 Å². The Bertz CT molecular complexity index is 898. The third-order valence-electron chi connectivity index (χ3n) is 4.20. The molecule has 0 fully saturated rings. The van der Waals surface area contributed by atoms with Crippen LogP contribution in [0.15, 0.2) is 64.8 Å². The zero-order valence-corrected chi connectivity index (χ0v) is 13.2. The Morgan fingerprint density at radius 2 is 1.39 bits per heavy atom. The van der Waals surface area contributed by atoms with E-state index in [4.69, 9.17) is 0 Å². The summed E-state index contributed by atoms with van der Waals surface area (Å²) in [5.74, 6) is 0. The van der Waals surface area contributed by atoms with Gasteiger partial charge in [0.05, 0.1) is 6.21 Å². The third-order valence-corrected chi connectivity index (χ3v) is 4.20. The van der Waals surface area contributed by atoms with Crippen LogP contribution >= 0.6 is 0 Å². The van der Waals surface area contributed by atoms with E-state index in [2.05, 4.69) is 57.7 Å². The van der Waals surface area contributed by atoms with Gasteiger partial charge in [0.25, 0.3) is 0 Å². The monoisotopic (exact) mass is 299 g/mol. The average molecular weight is 299 g/mol. The van der Waals surface area contributed by atoms with Crippen molar-refractivity contribution in [1.82, 2.24) is 4.98 Å².